The first kappa shape index (κ1) is 16.5. The third-order valence-electron chi connectivity index (χ3n) is 4.01. The van der Waals surface area contributed by atoms with Crippen molar-refractivity contribution in [2.24, 2.45) is 0 Å². The van der Waals surface area contributed by atoms with Gasteiger partial charge in [-0.25, -0.2) is 8.42 Å². The molecule has 126 valence electrons. The molecule has 1 aliphatic rings. The molecule has 0 aliphatic carbocycles. The van der Waals surface area contributed by atoms with E-state index in [0.29, 0.717) is 17.9 Å². The number of amides is 1. The summed E-state index contributed by atoms with van der Waals surface area (Å²) in [5, 5.41) is 2.33. The predicted octanol–water partition coefficient (Wildman–Crippen LogP) is 3.06. The van der Waals surface area contributed by atoms with Gasteiger partial charge >= 0.3 is 0 Å². The highest BCUT2D eigenvalue weighted by Gasteiger charge is 2.19. The van der Waals surface area contributed by atoms with Crippen molar-refractivity contribution < 1.29 is 17.9 Å². The molecule has 0 unspecified atom stereocenters. The van der Waals surface area contributed by atoms with Crippen LogP contribution >= 0.6 is 0 Å². The minimum Gasteiger partial charge on any atom is -0.493 e. The molecule has 0 atom stereocenters. The van der Waals surface area contributed by atoms with Crippen LogP contribution in [0.15, 0.2) is 47.4 Å². The normalized spacial score (nSPS) is 13.5. The number of carbonyl (C=O) groups excluding carboxylic acids is 1. The second-order valence-corrected chi connectivity index (χ2v) is 8.50. The topological polar surface area (TPSA) is 72.5 Å². The van der Waals surface area contributed by atoms with E-state index in [0.717, 1.165) is 17.7 Å². The lowest BCUT2D eigenvalue weighted by Crippen LogP contribution is -2.15. The monoisotopic (exact) mass is 345 g/mol. The van der Waals surface area contributed by atoms with E-state index in [2.05, 4.69) is 5.32 Å². The number of nitrogens with one attached hydrogen (secondary N) is 1. The third-order valence-corrected chi connectivity index (χ3v) is 6.18. The zero-order valence-electron chi connectivity index (χ0n) is 13.6. The van der Waals surface area contributed by atoms with E-state index in [1.165, 1.54) is 24.3 Å². The molecule has 1 amide bonds. The molecule has 0 saturated heterocycles. The first-order valence-corrected chi connectivity index (χ1v) is 9.33. The Morgan fingerprint density at radius 1 is 1.12 bits per heavy atom. The van der Waals surface area contributed by atoms with Crippen molar-refractivity contribution in [1.29, 1.82) is 0 Å². The Labute approximate surface area is 141 Å². The van der Waals surface area contributed by atoms with E-state index < -0.39 is 15.1 Å². The highest BCUT2D eigenvalue weighted by Crippen LogP contribution is 2.28. The summed E-state index contributed by atoms with van der Waals surface area (Å²) in [5.41, 5.74) is 2.18. The summed E-state index contributed by atoms with van der Waals surface area (Å²) >= 11 is 0. The lowest BCUT2D eigenvalue weighted by Gasteiger charge is -2.09. The van der Waals surface area contributed by atoms with Crippen LogP contribution in [0.4, 0.5) is 5.69 Å². The molecule has 0 aromatic heterocycles. The minimum absolute atomic E-state index is 0.226. The van der Waals surface area contributed by atoms with Crippen molar-refractivity contribution in [1.82, 2.24) is 0 Å². The van der Waals surface area contributed by atoms with Crippen molar-refractivity contribution in [2.45, 2.75) is 30.4 Å². The molecule has 24 heavy (non-hydrogen) atoms. The number of ether oxygens (including phenoxy) is 1. The SMILES string of the molecule is CC(C)S(=O)(=O)c1ccc(C(=O)Nc2ccc3c(c2)CCO3)cc1. The fourth-order valence-corrected chi connectivity index (χ4v) is 3.60. The van der Waals surface area contributed by atoms with Gasteiger partial charge in [-0.2, -0.15) is 0 Å². The van der Waals surface area contributed by atoms with E-state index >= 15 is 0 Å². The maximum Gasteiger partial charge on any atom is 0.255 e. The Balaban J connectivity index is 1.76. The number of benzene rings is 2. The van der Waals surface area contributed by atoms with Crippen molar-refractivity contribution >= 4 is 21.4 Å². The number of fused-ring (bicyclic) bond motifs is 1. The third kappa shape index (κ3) is 3.14. The van der Waals surface area contributed by atoms with Crippen LogP contribution in [0, 0.1) is 0 Å². The minimum atomic E-state index is -3.33. The molecular weight excluding hydrogens is 326 g/mol. The average Bonchev–Trinajstić information content (AvgIpc) is 3.02. The van der Waals surface area contributed by atoms with Crippen molar-refractivity contribution in [3.05, 3.63) is 53.6 Å². The Morgan fingerprint density at radius 2 is 1.83 bits per heavy atom. The molecule has 0 fully saturated rings. The lowest BCUT2D eigenvalue weighted by atomic mass is 10.1. The first-order valence-electron chi connectivity index (χ1n) is 7.79. The number of rotatable bonds is 4. The first-order chi connectivity index (χ1) is 11.4. The van der Waals surface area contributed by atoms with Gasteiger partial charge in [-0.3, -0.25) is 4.79 Å². The highest BCUT2D eigenvalue weighted by atomic mass is 32.2. The Bertz CT molecular complexity index is 870. The Morgan fingerprint density at radius 3 is 2.50 bits per heavy atom. The number of anilines is 1. The van der Waals surface area contributed by atoms with Crippen LogP contribution in [-0.4, -0.2) is 26.2 Å². The quantitative estimate of drug-likeness (QED) is 0.924. The van der Waals surface area contributed by atoms with Gasteiger partial charge in [0.25, 0.3) is 5.91 Å². The Hall–Kier alpha value is -2.34. The van der Waals surface area contributed by atoms with Crippen molar-refractivity contribution in [3.63, 3.8) is 0 Å². The standard InChI is InChI=1S/C18H19NO4S/c1-12(2)24(21,22)16-6-3-13(4-7-16)18(20)19-15-5-8-17-14(11-15)9-10-23-17/h3-8,11-12H,9-10H2,1-2H3,(H,19,20). The summed E-state index contributed by atoms with van der Waals surface area (Å²) in [6.45, 7) is 3.93. The van der Waals surface area contributed by atoms with Crippen LogP contribution in [0.25, 0.3) is 0 Å². The van der Waals surface area contributed by atoms with Gasteiger partial charge in [0.05, 0.1) is 16.8 Å². The fourth-order valence-electron chi connectivity index (χ4n) is 2.54. The van der Waals surface area contributed by atoms with Gasteiger partial charge < -0.3 is 10.1 Å². The van der Waals surface area contributed by atoms with Gasteiger partial charge in [0, 0.05) is 17.7 Å². The second kappa shape index (κ2) is 6.28. The summed E-state index contributed by atoms with van der Waals surface area (Å²) in [6, 6.07) is 11.5. The predicted molar refractivity (Wildman–Crippen MR) is 92.4 cm³/mol. The molecule has 0 radical (unpaired) electrons. The molecule has 3 rings (SSSR count). The van der Waals surface area contributed by atoms with Crippen LogP contribution in [0.2, 0.25) is 0 Å². The molecular formula is C18H19NO4S. The molecule has 0 bridgehead atoms. The molecule has 1 heterocycles. The fraction of sp³-hybridized carbons (Fsp3) is 0.278. The molecule has 0 spiro atoms. The summed E-state index contributed by atoms with van der Waals surface area (Å²) in [7, 11) is -3.33. The van der Waals surface area contributed by atoms with Gasteiger partial charge in [0.1, 0.15) is 5.75 Å². The van der Waals surface area contributed by atoms with Gasteiger partial charge in [0.15, 0.2) is 9.84 Å². The van der Waals surface area contributed by atoms with E-state index in [-0.39, 0.29) is 10.8 Å². The van der Waals surface area contributed by atoms with Gasteiger partial charge in [-0.15, -0.1) is 0 Å². The smallest absolute Gasteiger partial charge is 0.255 e. The summed E-state index contributed by atoms with van der Waals surface area (Å²) in [5.74, 6) is 0.582. The van der Waals surface area contributed by atoms with Crippen LogP contribution in [-0.2, 0) is 16.3 Å². The van der Waals surface area contributed by atoms with Gasteiger partial charge in [0.2, 0.25) is 0 Å². The van der Waals surface area contributed by atoms with E-state index in [1.54, 1.807) is 19.9 Å². The Kier molecular flexibility index (Phi) is 4.32. The van der Waals surface area contributed by atoms with Crippen LogP contribution in [0.5, 0.6) is 5.75 Å². The molecule has 5 nitrogen and oxygen atoms in total. The van der Waals surface area contributed by atoms with Crippen LogP contribution in [0.1, 0.15) is 29.8 Å². The van der Waals surface area contributed by atoms with Crippen LogP contribution < -0.4 is 10.1 Å². The number of carbonyl (C=O) groups is 1. The number of sulfone groups is 1. The molecule has 6 heteroatoms. The van der Waals surface area contributed by atoms with E-state index in [9.17, 15) is 13.2 Å². The zero-order valence-corrected chi connectivity index (χ0v) is 14.4. The largest absolute Gasteiger partial charge is 0.493 e. The lowest BCUT2D eigenvalue weighted by molar-refractivity contribution is 0.102. The summed E-state index contributed by atoms with van der Waals surface area (Å²) in [4.78, 5) is 12.5. The van der Waals surface area contributed by atoms with Crippen LogP contribution in [0.3, 0.4) is 0 Å². The van der Waals surface area contributed by atoms with Gasteiger partial charge in [-0.1, -0.05) is 0 Å². The highest BCUT2D eigenvalue weighted by molar-refractivity contribution is 7.92. The molecule has 0 saturated carbocycles. The summed E-state index contributed by atoms with van der Waals surface area (Å²) < 4.78 is 29.6. The molecule has 1 aliphatic heterocycles. The number of hydrogen-bond donors (Lipinski definition) is 1. The van der Waals surface area contributed by atoms with Gasteiger partial charge in [-0.05, 0) is 61.9 Å². The van der Waals surface area contributed by atoms with E-state index in [1.807, 2.05) is 12.1 Å². The maximum atomic E-state index is 12.3. The van der Waals surface area contributed by atoms with E-state index in [4.69, 9.17) is 4.74 Å². The molecule has 1 N–H and O–H groups in total. The molecule has 2 aromatic carbocycles. The summed E-state index contributed by atoms with van der Waals surface area (Å²) in [6.07, 6.45) is 0.834. The number of hydrogen-bond acceptors (Lipinski definition) is 4. The second-order valence-electron chi connectivity index (χ2n) is 5.99. The zero-order chi connectivity index (χ0) is 17.3. The van der Waals surface area contributed by atoms with Crippen molar-refractivity contribution in [3.8, 4) is 5.75 Å². The van der Waals surface area contributed by atoms with Crippen molar-refractivity contribution in [2.75, 3.05) is 11.9 Å². The maximum absolute atomic E-state index is 12.3. The average molecular weight is 345 g/mol. The molecule has 2 aromatic rings.